The molecule has 0 aliphatic carbocycles. The van der Waals surface area contributed by atoms with Crippen molar-refractivity contribution < 1.29 is 13.5 Å². The van der Waals surface area contributed by atoms with Gasteiger partial charge in [-0.15, -0.1) is 0 Å². The predicted molar refractivity (Wildman–Crippen MR) is 84.1 cm³/mol. The Balaban J connectivity index is 2.08. The Morgan fingerprint density at radius 3 is 2.00 bits per heavy atom. The molecule has 2 aliphatic heterocycles. The standard InChI is InChI=1S/C17H24O3S/c1-11-7-12(2)16(13(3)8-11)17(18)9-14-5-4-6-15(10-17)21(14,19)20/h7-8,14-15,18H,4-6,9-10H2,1-3H3. The van der Waals surface area contributed by atoms with Gasteiger partial charge in [-0.2, -0.15) is 0 Å². The van der Waals surface area contributed by atoms with Crippen LogP contribution >= 0.6 is 0 Å². The molecule has 2 bridgehead atoms. The fourth-order valence-corrected chi connectivity index (χ4v) is 7.12. The van der Waals surface area contributed by atoms with Gasteiger partial charge in [-0.25, -0.2) is 8.42 Å². The molecule has 2 saturated heterocycles. The first-order valence-electron chi connectivity index (χ1n) is 7.77. The summed E-state index contributed by atoms with van der Waals surface area (Å²) in [6.45, 7) is 6.09. The molecule has 1 N–H and O–H groups in total. The van der Waals surface area contributed by atoms with E-state index in [0.717, 1.165) is 23.1 Å². The first-order valence-corrected chi connectivity index (χ1v) is 9.38. The molecule has 0 amide bonds. The predicted octanol–water partition coefficient (Wildman–Crippen LogP) is 2.93. The summed E-state index contributed by atoms with van der Waals surface area (Å²) in [7, 11) is -3.04. The van der Waals surface area contributed by atoms with Gasteiger partial charge in [0.05, 0.1) is 16.1 Å². The van der Waals surface area contributed by atoms with Gasteiger partial charge in [-0.05, 0) is 63.1 Å². The number of benzene rings is 1. The quantitative estimate of drug-likeness (QED) is 0.868. The fraction of sp³-hybridized carbons (Fsp3) is 0.647. The van der Waals surface area contributed by atoms with Crippen LogP contribution < -0.4 is 0 Å². The normalized spacial score (nSPS) is 34.7. The summed E-state index contributed by atoms with van der Waals surface area (Å²) >= 11 is 0. The molecular formula is C17H24O3S. The molecule has 116 valence electrons. The van der Waals surface area contributed by atoms with Crippen molar-refractivity contribution in [2.24, 2.45) is 0 Å². The van der Waals surface area contributed by atoms with Gasteiger partial charge < -0.3 is 5.11 Å². The second-order valence-electron chi connectivity index (χ2n) is 6.98. The molecule has 0 aromatic heterocycles. The fourth-order valence-electron chi connectivity index (χ4n) is 4.57. The van der Waals surface area contributed by atoms with Crippen LogP contribution in [0, 0.1) is 20.8 Å². The first-order chi connectivity index (χ1) is 9.74. The lowest BCUT2D eigenvalue weighted by molar-refractivity contribution is 0.00389. The molecule has 3 rings (SSSR count). The van der Waals surface area contributed by atoms with Gasteiger partial charge in [0.2, 0.25) is 0 Å². The minimum absolute atomic E-state index is 0.358. The zero-order chi connectivity index (χ0) is 15.4. The van der Waals surface area contributed by atoms with E-state index in [1.54, 1.807) is 0 Å². The summed E-state index contributed by atoms with van der Waals surface area (Å²) in [5.41, 5.74) is 3.31. The van der Waals surface area contributed by atoms with Crippen LogP contribution in [0.3, 0.4) is 0 Å². The Morgan fingerprint density at radius 2 is 1.52 bits per heavy atom. The summed E-state index contributed by atoms with van der Waals surface area (Å²) in [4.78, 5) is 0. The third-order valence-electron chi connectivity index (χ3n) is 5.25. The molecule has 0 saturated carbocycles. The summed E-state index contributed by atoms with van der Waals surface area (Å²) < 4.78 is 24.9. The van der Waals surface area contributed by atoms with Crippen molar-refractivity contribution in [1.29, 1.82) is 0 Å². The van der Waals surface area contributed by atoms with Crippen molar-refractivity contribution in [3.63, 3.8) is 0 Å². The largest absolute Gasteiger partial charge is 0.385 e. The van der Waals surface area contributed by atoms with Crippen molar-refractivity contribution in [2.75, 3.05) is 0 Å². The highest BCUT2D eigenvalue weighted by atomic mass is 32.2. The summed E-state index contributed by atoms with van der Waals surface area (Å²) in [5, 5.41) is 10.5. The molecule has 21 heavy (non-hydrogen) atoms. The van der Waals surface area contributed by atoms with Gasteiger partial charge in [-0.3, -0.25) is 0 Å². The average molecular weight is 308 g/mol. The van der Waals surface area contributed by atoms with E-state index in [2.05, 4.69) is 12.1 Å². The van der Waals surface area contributed by atoms with E-state index in [4.69, 9.17) is 0 Å². The Labute approximate surface area is 127 Å². The topological polar surface area (TPSA) is 54.4 Å². The summed E-state index contributed by atoms with van der Waals surface area (Å²) in [5.74, 6) is 0. The Morgan fingerprint density at radius 1 is 1.05 bits per heavy atom. The van der Waals surface area contributed by atoms with E-state index in [9.17, 15) is 13.5 Å². The second kappa shape index (κ2) is 4.82. The van der Waals surface area contributed by atoms with Crippen molar-refractivity contribution in [1.82, 2.24) is 0 Å². The lowest BCUT2D eigenvalue weighted by Gasteiger charge is -2.45. The van der Waals surface area contributed by atoms with Gasteiger partial charge in [0, 0.05) is 0 Å². The number of aryl methyl sites for hydroxylation is 3. The van der Waals surface area contributed by atoms with E-state index in [-0.39, 0.29) is 10.5 Å². The maximum atomic E-state index is 12.4. The summed E-state index contributed by atoms with van der Waals surface area (Å²) in [6.07, 6.45) is 3.08. The number of aliphatic hydroxyl groups is 1. The maximum absolute atomic E-state index is 12.4. The summed E-state index contributed by atoms with van der Waals surface area (Å²) in [6, 6.07) is 4.17. The van der Waals surface area contributed by atoms with Crippen LogP contribution in [0.1, 0.15) is 54.4 Å². The lowest BCUT2D eigenvalue weighted by atomic mass is 9.77. The van der Waals surface area contributed by atoms with E-state index < -0.39 is 15.4 Å². The highest BCUT2D eigenvalue weighted by Crippen LogP contribution is 2.47. The number of fused-ring (bicyclic) bond motifs is 2. The van der Waals surface area contributed by atoms with Gasteiger partial charge in [0.25, 0.3) is 0 Å². The molecule has 2 aliphatic rings. The van der Waals surface area contributed by atoms with Crippen LogP contribution in [0.5, 0.6) is 0 Å². The van der Waals surface area contributed by atoms with Crippen molar-refractivity contribution >= 4 is 9.84 Å². The van der Waals surface area contributed by atoms with Gasteiger partial charge in [0.15, 0.2) is 9.84 Å². The molecule has 2 unspecified atom stereocenters. The third kappa shape index (κ3) is 2.33. The molecule has 3 nitrogen and oxygen atoms in total. The second-order valence-corrected chi connectivity index (χ2v) is 9.49. The number of rotatable bonds is 1. The van der Waals surface area contributed by atoms with Crippen LogP contribution in [-0.2, 0) is 15.4 Å². The Hall–Kier alpha value is -0.870. The number of hydrogen-bond donors (Lipinski definition) is 1. The molecule has 1 aromatic rings. The molecule has 1 aromatic carbocycles. The van der Waals surface area contributed by atoms with Crippen molar-refractivity contribution in [2.45, 2.75) is 69.0 Å². The molecule has 4 heteroatoms. The molecular weight excluding hydrogens is 284 g/mol. The van der Waals surface area contributed by atoms with E-state index >= 15 is 0 Å². The maximum Gasteiger partial charge on any atom is 0.156 e. The molecule has 0 spiro atoms. The number of hydrogen-bond acceptors (Lipinski definition) is 3. The van der Waals surface area contributed by atoms with Crippen LogP contribution in [0.25, 0.3) is 0 Å². The SMILES string of the molecule is Cc1cc(C)c(C2(O)CC3CCCC(C2)S3(=O)=O)c(C)c1. The van der Waals surface area contributed by atoms with Crippen LogP contribution in [0.15, 0.2) is 12.1 Å². The monoisotopic (exact) mass is 308 g/mol. The van der Waals surface area contributed by atoms with Crippen LogP contribution in [-0.4, -0.2) is 24.0 Å². The first kappa shape index (κ1) is 15.0. The lowest BCUT2D eigenvalue weighted by Crippen LogP contribution is -2.50. The zero-order valence-electron chi connectivity index (χ0n) is 13.0. The highest BCUT2D eigenvalue weighted by molar-refractivity contribution is 7.92. The van der Waals surface area contributed by atoms with Crippen LogP contribution in [0.2, 0.25) is 0 Å². The zero-order valence-corrected chi connectivity index (χ0v) is 13.8. The van der Waals surface area contributed by atoms with Crippen molar-refractivity contribution in [3.8, 4) is 0 Å². The van der Waals surface area contributed by atoms with E-state index in [0.29, 0.717) is 25.7 Å². The van der Waals surface area contributed by atoms with E-state index in [1.807, 2.05) is 20.8 Å². The smallest absolute Gasteiger partial charge is 0.156 e. The molecule has 0 radical (unpaired) electrons. The molecule has 2 atom stereocenters. The average Bonchev–Trinajstić information content (AvgIpc) is 2.30. The number of sulfone groups is 1. The minimum atomic E-state index is -3.04. The molecule has 2 fully saturated rings. The third-order valence-corrected chi connectivity index (χ3v) is 7.92. The van der Waals surface area contributed by atoms with Crippen LogP contribution in [0.4, 0.5) is 0 Å². The van der Waals surface area contributed by atoms with E-state index in [1.165, 1.54) is 5.56 Å². The Bertz CT molecular complexity index is 632. The minimum Gasteiger partial charge on any atom is -0.385 e. The van der Waals surface area contributed by atoms with Gasteiger partial charge >= 0.3 is 0 Å². The van der Waals surface area contributed by atoms with Crippen molar-refractivity contribution in [3.05, 3.63) is 34.4 Å². The molecule has 2 heterocycles. The highest BCUT2D eigenvalue weighted by Gasteiger charge is 2.51. The Kier molecular flexibility index (Phi) is 3.45. The van der Waals surface area contributed by atoms with Gasteiger partial charge in [0.1, 0.15) is 0 Å². The van der Waals surface area contributed by atoms with Gasteiger partial charge in [-0.1, -0.05) is 24.1 Å².